The predicted molar refractivity (Wildman–Crippen MR) is 119 cm³/mol. The molecule has 0 spiro atoms. The Morgan fingerprint density at radius 3 is 2.34 bits per heavy atom. The first-order chi connectivity index (χ1) is 15.6. The second-order valence-electron chi connectivity index (χ2n) is 7.93. The third kappa shape index (κ3) is 6.00. The molecule has 5 atom stereocenters. The maximum absolute atomic E-state index is 12.8. The third-order valence-electron chi connectivity index (χ3n) is 5.69. The second-order valence-corrected chi connectivity index (χ2v) is 7.93. The minimum absolute atomic E-state index is 0.226. The fourth-order valence-corrected chi connectivity index (χ4v) is 3.84. The molecule has 3 rings (SSSR count). The molecule has 174 valence electrons. The van der Waals surface area contributed by atoms with Crippen molar-refractivity contribution in [1.82, 2.24) is 0 Å². The summed E-state index contributed by atoms with van der Waals surface area (Å²) in [5.74, 6) is 0.281. The summed E-state index contributed by atoms with van der Waals surface area (Å²) in [6, 6.07) is 15.8. The summed E-state index contributed by atoms with van der Waals surface area (Å²) in [5.41, 5.74) is 0.404. The molecule has 2 unspecified atom stereocenters. The first-order valence-corrected chi connectivity index (χ1v) is 11.0. The van der Waals surface area contributed by atoms with Gasteiger partial charge in [-0.15, -0.1) is 0 Å². The summed E-state index contributed by atoms with van der Waals surface area (Å²) in [5, 5.41) is 20.7. The van der Waals surface area contributed by atoms with Crippen molar-refractivity contribution in [3.05, 3.63) is 60.2 Å². The van der Waals surface area contributed by atoms with E-state index in [2.05, 4.69) is 0 Å². The van der Waals surface area contributed by atoms with E-state index in [9.17, 15) is 15.0 Å². The number of esters is 1. The van der Waals surface area contributed by atoms with Gasteiger partial charge in [0.2, 0.25) is 0 Å². The number of carbonyl (C=O) groups excluding carboxylic acids is 1. The Balaban J connectivity index is 1.86. The van der Waals surface area contributed by atoms with Crippen LogP contribution in [0.15, 0.2) is 54.6 Å². The Morgan fingerprint density at radius 1 is 1.03 bits per heavy atom. The van der Waals surface area contributed by atoms with Crippen molar-refractivity contribution in [2.24, 2.45) is 5.92 Å². The SMILES string of the molecule is CCCCOC1[C@H](O)C(CO)C[C@@H](Oc2ccc(OC)cc2)[C@H]1OC(=O)c1ccccc1. The van der Waals surface area contributed by atoms with Crippen LogP contribution in [0.5, 0.6) is 11.5 Å². The maximum Gasteiger partial charge on any atom is 0.338 e. The molecule has 0 radical (unpaired) electrons. The van der Waals surface area contributed by atoms with Gasteiger partial charge in [0.25, 0.3) is 0 Å². The number of methoxy groups -OCH3 is 1. The molecule has 0 amide bonds. The van der Waals surface area contributed by atoms with Gasteiger partial charge in [-0.3, -0.25) is 0 Å². The lowest BCUT2D eigenvalue weighted by molar-refractivity contribution is -0.180. The van der Waals surface area contributed by atoms with Crippen molar-refractivity contribution in [2.45, 2.75) is 50.6 Å². The number of hydrogen-bond donors (Lipinski definition) is 2. The van der Waals surface area contributed by atoms with E-state index < -0.39 is 36.3 Å². The Bertz CT molecular complexity index is 824. The highest BCUT2D eigenvalue weighted by atomic mass is 16.6. The largest absolute Gasteiger partial charge is 0.497 e. The molecule has 7 heteroatoms. The average molecular weight is 445 g/mol. The summed E-state index contributed by atoms with van der Waals surface area (Å²) < 4.78 is 23.2. The fraction of sp³-hybridized carbons (Fsp3) is 0.480. The van der Waals surface area contributed by atoms with Crippen LogP contribution in [0.4, 0.5) is 0 Å². The van der Waals surface area contributed by atoms with Crippen molar-refractivity contribution in [3.63, 3.8) is 0 Å². The van der Waals surface area contributed by atoms with Crippen LogP contribution in [-0.2, 0) is 9.47 Å². The van der Waals surface area contributed by atoms with Gasteiger partial charge in [0.05, 0.1) is 18.8 Å². The van der Waals surface area contributed by atoms with Crippen LogP contribution in [0.25, 0.3) is 0 Å². The third-order valence-corrected chi connectivity index (χ3v) is 5.69. The summed E-state index contributed by atoms with van der Waals surface area (Å²) in [6.45, 7) is 2.22. The molecule has 2 aromatic carbocycles. The number of ether oxygens (including phenoxy) is 4. The lowest BCUT2D eigenvalue weighted by Crippen LogP contribution is -2.58. The van der Waals surface area contributed by atoms with E-state index in [4.69, 9.17) is 18.9 Å². The van der Waals surface area contributed by atoms with Gasteiger partial charge in [0.15, 0.2) is 6.10 Å². The quantitative estimate of drug-likeness (QED) is 0.429. The van der Waals surface area contributed by atoms with Gasteiger partial charge >= 0.3 is 5.97 Å². The van der Waals surface area contributed by atoms with Gasteiger partial charge < -0.3 is 29.2 Å². The van der Waals surface area contributed by atoms with Crippen molar-refractivity contribution >= 4 is 5.97 Å². The molecule has 0 saturated heterocycles. The summed E-state index contributed by atoms with van der Waals surface area (Å²) in [6.07, 6.45) is -1.22. The normalized spacial score (nSPS) is 25.2. The second kappa shape index (κ2) is 11.9. The highest BCUT2D eigenvalue weighted by molar-refractivity contribution is 5.89. The van der Waals surface area contributed by atoms with Gasteiger partial charge in [0, 0.05) is 19.1 Å². The average Bonchev–Trinajstić information content (AvgIpc) is 2.83. The van der Waals surface area contributed by atoms with Crippen LogP contribution in [0.2, 0.25) is 0 Å². The molecule has 0 aliphatic heterocycles. The van der Waals surface area contributed by atoms with Gasteiger partial charge in [-0.2, -0.15) is 0 Å². The van der Waals surface area contributed by atoms with Gasteiger partial charge in [-0.1, -0.05) is 31.5 Å². The lowest BCUT2D eigenvalue weighted by Gasteiger charge is -2.43. The Morgan fingerprint density at radius 2 is 1.72 bits per heavy atom. The lowest BCUT2D eigenvalue weighted by atomic mass is 9.80. The first-order valence-electron chi connectivity index (χ1n) is 11.0. The molecule has 1 aliphatic rings. The molecule has 1 fully saturated rings. The van der Waals surface area contributed by atoms with E-state index in [0.29, 0.717) is 30.1 Å². The summed E-state index contributed by atoms with van der Waals surface area (Å²) in [4.78, 5) is 12.8. The van der Waals surface area contributed by atoms with Gasteiger partial charge in [-0.05, 0) is 49.2 Å². The van der Waals surface area contributed by atoms with E-state index >= 15 is 0 Å². The molecular formula is C25H32O7. The number of aliphatic hydroxyl groups is 2. The molecule has 7 nitrogen and oxygen atoms in total. The minimum atomic E-state index is -0.985. The highest BCUT2D eigenvalue weighted by Crippen LogP contribution is 2.33. The first kappa shape index (κ1) is 24.0. The molecule has 2 aromatic rings. The number of benzene rings is 2. The zero-order valence-corrected chi connectivity index (χ0v) is 18.6. The van der Waals surface area contributed by atoms with Crippen molar-refractivity contribution < 1.29 is 34.0 Å². The molecule has 0 aromatic heterocycles. The van der Waals surface area contributed by atoms with Gasteiger partial charge in [0.1, 0.15) is 23.7 Å². The number of rotatable bonds is 10. The molecular weight excluding hydrogens is 412 g/mol. The number of unbranched alkanes of at least 4 members (excludes halogenated alkanes) is 1. The van der Waals surface area contributed by atoms with E-state index in [1.165, 1.54) is 0 Å². The zero-order chi connectivity index (χ0) is 22.9. The zero-order valence-electron chi connectivity index (χ0n) is 18.6. The standard InChI is InChI=1S/C25H32O7/c1-3-4-14-30-24-22(27)18(16-26)15-21(31-20-12-10-19(29-2)11-13-20)23(24)32-25(28)17-8-6-5-7-9-17/h5-13,18,21-24,26-27H,3-4,14-16H2,1-2H3/t18?,21-,22-,23-,24?/m1/s1. The minimum Gasteiger partial charge on any atom is -0.497 e. The maximum atomic E-state index is 12.8. The molecule has 2 N–H and O–H groups in total. The smallest absolute Gasteiger partial charge is 0.338 e. The van der Waals surface area contributed by atoms with E-state index in [0.717, 1.165) is 12.8 Å². The molecule has 32 heavy (non-hydrogen) atoms. The van der Waals surface area contributed by atoms with Crippen LogP contribution in [0, 0.1) is 5.92 Å². The van der Waals surface area contributed by atoms with Crippen LogP contribution in [0.1, 0.15) is 36.5 Å². The Kier molecular flexibility index (Phi) is 8.90. The van der Waals surface area contributed by atoms with Crippen molar-refractivity contribution in [1.29, 1.82) is 0 Å². The topological polar surface area (TPSA) is 94.5 Å². The predicted octanol–water partition coefficient (Wildman–Crippen LogP) is 3.23. The van der Waals surface area contributed by atoms with Gasteiger partial charge in [-0.25, -0.2) is 4.79 Å². The van der Waals surface area contributed by atoms with E-state index in [1.807, 2.05) is 13.0 Å². The summed E-state index contributed by atoms with van der Waals surface area (Å²) >= 11 is 0. The van der Waals surface area contributed by atoms with Crippen molar-refractivity contribution in [3.8, 4) is 11.5 Å². The monoisotopic (exact) mass is 444 g/mol. The Hall–Kier alpha value is -2.61. The molecule has 1 aliphatic carbocycles. The van der Waals surface area contributed by atoms with E-state index in [1.54, 1.807) is 55.6 Å². The van der Waals surface area contributed by atoms with Crippen LogP contribution >= 0.6 is 0 Å². The summed E-state index contributed by atoms with van der Waals surface area (Å²) in [7, 11) is 1.58. The Labute approximate surface area is 188 Å². The fourth-order valence-electron chi connectivity index (χ4n) is 3.84. The van der Waals surface area contributed by atoms with Crippen LogP contribution < -0.4 is 9.47 Å². The number of hydrogen-bond acceptors (Lipinski definition) is 7. The van der Waals surface area contributed by atoms with Crippen LogP contribution in [-0.4, -0.2) is 60.9 Å². The highest BCUT2D eigenvalue weighted by Gasteiger charge is 2.48. The molecule has 0 bridgehead atoms. The van der Waals surface area contributed by atoms with Crippen LogP contribution in [0.3, 0.4) is 0 Å². The molecule has 1 saturated carbocycles. The van der Waals surface area contributed by atoms with E-state index in [-0.39, 0.29) is 6.61 Å². The number of aliphatic hydroxyl groups excluding tert-OH is 2. The van der Waals surface area contributed by atoms with Crippen molar-refractivity contribution in [2.75, 3.05) is 20.3 Å². The number of carbonyl (C=O) groups is 1. The molecule has 0 heterocycles.